The molecule has 4 aliphatic rings. The number of carbonyl (C=O) groups is 2. The van der Waals surface area contributed by atoms with Gasteiger partial charge in [-0.3, -0.25) is 14.6 Å². The standard InChI is InChI=1S/C22H20F3N3O.C17H18F2N2O2.C5H5FN2.C3H7.BrH.Mg/c1-11(21(29)4-13-3-2-12(23)9-26-13)22-15-5-14(6-16(15)22)28-10-27-19-7-17(24)18(25)8-20(19)28;1-8(17(22)23-2)16-10-3-9(4-11(10)16)21-7-20-14-5-12(18)13(19)6-15(14)21;6-4-1-2-5(7)8-3-4;1-3-2;;/h2-3,7-11,14-16,22H,4-6H2,1H3;5-11,16H,3-4H2,1-2H3;1-3H,(H2,7,8);3H,1-2H3;1H;/q;;;-1;;+2/p-1/t11?,14?,15-,16+,22?;8?,9?,10-,11+,16?;;;;. The molecule has 65 heavy (non-hydrogen) atoms. The van der Waals surface area contributed by atoms with Crippen LogP contribution in [-0.2, 0) is 20.7 Å². The summed E-state index contributed by atoms with van der Waals surface area (Å²) in [4.78, 5) is 40.2. The quantitative estimate of drug-likeness (QED) is 0.0796. The Kier molecular flexibility index (Phi) is 17.3. The minimum atomic E-state index is -0.889. The molecule has 10 nitrogen and oxygen atoms in total. The van der Waals surface area contributed by atoms with Gasteiger partial charge in [0.25, 0.3) is 0 Å². The van der Waals surface area contributed by atoms with Gasteiger partial charge in [-0.25, -0.2) is 41.3 Å². The number of hydrogen-bond acceptors (Lipinski definition) is 8. The molecule has 10 atom stereocenters. The van der Waals surface area contributed by atoms with E-state index in [1.54, 1.807) is 18.7 Å². The fraction of sp³-hybridized carbons (Fsp3) is 0.426. The zero-order valence-electron chi connectivity index (χ0n) is 36.7. The number of imidazole rings is 2. The van der Waals surface area contributed by atoms with Crippen LogP contribution in [0, 0.1) is 88.7 Å². The monoisotopic (exact) mass is 977 g/mol. The molecule has 4 saturated carbocycles. The van der Waals surface area contributed by atoms with Gasteiger partial charge in [-0.1, -0.05) is 13.8 Å². The normalized spacial score (nSPS) is 23.9. The van der Waals surface area contributed by atoms with E-state index in [-0.39, 0.29) is 87.9 Å². The van der Waals surface area contributed by atoms with Crippen LogP contribution in [0.2, 0.25) is 0 Å². The van der Waals surface area contributed by atoms with E-state index < -0.39 is 29.1 Å². The van der Waals surface area contributed by atoms with Crippen molar-refractivity contribution >= 4 is 62.7 Å². The molecule has 2 N–H and O–H groups in total. The number of methoxy groups -OCH3 is 1. The molecule has 0 bridgehead atoms. The van der Waals surface area contributed by atoms with Crippen molar-refractivity contribution in [3.8, 4) is 0 Å². The number of nitrogens with two attached hydrogens (primary N) is 1. The zero-order valence-corrected chi connectivity index (χ0v) is 39.7. The molecule has 0 radical (unpaired) electrons. The molecule has 0 spiro atoms. The van der Waals surface area contributed by atoms with Crippen molar-refractivity contribution in [1.82, 2.24) is 29.1 Å². The van der Waals surface area contributed by atoms with Gasteiger partial charge >= 0.3 is 29.0 Å². The zero-order chi connectivity index (χ0) is 45.3. The maximum Gasteiger partial charge on any atom is 2.00 e. The number of Topliss-reactive ketones (excluding diaryl/α,β-unsaturated/α-hetero) is 1. The molecule has 18 heteroatoms. The van der Waals surface area contributed by atoms with E-state index in [4.69, 9.17) is 10.5 Å². The number of aromatic nitrogens is 6. The minimum Gasteiger partial charge on any atom is -1.00 e. The van der Waals surface area contributed by atoms with Crippen molar-refractivity contribution in [3.63, 3.8) is 0 Å². The topological polar surface area (TPSA) is 131 Å². The first-order chi connectivity index (χ1) is 30.1. The van der Waals surface area contributed by atoms with Crippen LogP contribution in [0.1, 0.15) is 71.2 Å². The molecule has 0 amide bonds. The average Bonchev–Trinajstić information content (AvgIpc) is 3.67. The van der Waals surface area contributed by atoms with Crippen LogP contribution < -0.4 is 22.7 Å². The van der Waals surface area contributed by atoms with Gasteiger partial charge < -0.3 is 43.0 Å². The van der Waals surface area contributed by atoms with Crippen molar-refractivity contribution in [3.05, 3.63) is 121 Å². The van der Waals surface area contributed by atoms with Crippen LogP contribution in [-0.4, -0.2) is 71.0 Å². The molecule has 0 saturated heterocycles. The van der Waals surface area contributed by atoms with Gasteiger partial charge in [0.15, 0.2) is 23.3 Å². The first-order valence-electron chi connectivity index (χ1n) is 21.1. The molecule has 342 valence electrons. The van der Waals surface area contributed by atoms with Gasteiger partial charge in [0.2, 0.25) is 0 Å². The van der Waals surface area contributed by atoms with Crippen molar-refractivity contribution in [2.45, 2.75) is 71.9 Å². The molecule has 4 fully saturated rings. The average molecular weight is 979 g/mol. The van der Waals surface area contributed by atoms with E-state index in [2.05, 4.69) is 19.9 Å². The van der Waals surface area contributed by atoms with Crippen molar-refractivity contribution in [2.75, 3.05) is 12.8 Å². The van der Waals surface area contributed by atoms with E-state index in [1.165, 1.54) is 37.4 Å². The maximum absolute atomic E-state index is 13.7. The Labute approximate surface area is 400 Å². The predicted octanol–water partition coefficient (Wildman–Crippen LogP) is 6.47. The molecule has 0 aliphatic heterocycles. The van der Waals surface area contributed by atoms with Crippen LogP contribution in [0.25, 0.3) is 22.1 Å². The number of hydrogen-bond donors (Lipinski definition) is 1. The fourth-order valence-electron chi connectivity index (χ4n) is 10.1. The second-order valence-corrected chi connectivity index (χ2v) is 17.1. The molecule has 4 aliphatic carbocycles. The summed E-state index contributed by atoms with van der Waals surface area (Å²) in [5.41, 5.74) is 7.91. The van der Waals surface area contributed by atoms with Crippen molar-refractivity contribution in [1.29, 1.82) is 0 Å². The summed E-state index contributed by atoms with van der Waals surface area (Å²) in [5, 5.41) is 0. The Hall–Kier alpha value is -4.55. The molecule has 4 heterocycles. The number of carbonyl (C=O) groups excluding carboxylic acids is 2. The molecule has 10 rings (SSSR count). The summed E-state index contributed by atoms with van der Waals surface area (Å²) in [6, 6.07) is 10.7. The number of nitrogen functional groups attached to an aromatic ring is 1. The van der Waals surface area contributed by atoms with Gasteiger partial charge in [-0.2, -0.15) is 13.8 Å². The molecular formula is C47H50BrF6MgN7O3. The number of benzene rings is 2. The number of rotatable bonds is 8. The van der Waals surface area contributed by atoms with Gasteiger partial charge in [0, 0.05) is 54.4 Å². The summed E-state index contributed by atoms with van der Waals surface area (Å²) < 4.78 is 87.5. The first kappa shape index (κ1) is 51.4. The van der Waals surface area contributed by atoms with E-state index in [0.717, 1.165) is 50.2 Å². The SMILES string of the molecule is CC(C(=O)Cc1ccc(F)cn1)C1[C@H]2CC(n3cnc4cc(F)c(F)cc43)C[C@@H]12.COC(=O)C(C)C1[C@H]2CC(n3cnc4cc(F)c(F)cc43)C[C@@H]12.C[CH-]C.Nc1ccc(F)cn1.[Br-].[Mg+2]. The molecule has 6 unspecified atom stereocenters. The van der Waals surface area contributed by atoms with Gasteiger partial charge in [0.1, 0.15) is 23.2 Å². The van der Waals surface area contributed by atoms with Gasteiger partial charge in [-0.15, -0.1) is 0 Å². The largest absolute Gasteiger partial charge is 2.00 e. The number of pyridine rings is 2. The van der Waals surface area contributed by atoms with E-state index in [9.17, 15) is 35.9 Å². The summed E-state index contributed by atoms with van der Waals surface area (Å²) in [5.74, 6) is -1.37. The van der Waals surface area contributed by atoms with Crippen LogP contribution in [0.3, 0.4) is 0 Å². The smallest absolute Gasteiger partial charge is 1.00 e. The van der Waals surface area contributed by atoms with Crippen LogP contribution in [0.15, 0.2) is 73.6 Å². The van der Waals surface area contributed by atoms with Gasteiger partial charge in [-0.05, 0) is 85.5 Å². The predicted molar refractivity (Wildman–Crippen MR) is 230 cm³/mol. The Morgan fingerprint density at radius 1 is 0.692 bits per heavy atom. The number of ketones is 1. The number of halogens is 7. The van der Waals surface area contributed by atoms with E-state index >= 15 is 0 Å². The molecule has 4 aromatic heterocycles. The minimum absolute atomic E-state index is 0. The summed E-state index contributed by atoms with van der Waals surface area (Å²) in [6.07, 6.45) is 11.5. The fourth-order valence-corrected chi connectivity index (χ4v) is 10.1. The Morgan fingerprint density at radius 3 is 1.49 bits per heavy atom. The molecular weight excluding hydrogens is 929 g/mol. The number of ether oxygens (including phenoxy) is 1. The van der Waals surface area contributed by atoms with Crippen LogP contribution in [0.5, 0.6) is 0 Å². The van der Waals surface area contributed by atoms with Crippen molar-refractivity contribution < 1.29 is 57.6 Å². The first-order valence-corrected chi connectivity index (χ1v) is 21.1. The number of fused-ring (bicyclic) bond motifs is 4. The van der Waals surface area contributed by atoms with Crippen LogP contribution >= 0.6 is 0 Å². The third kappa shape index (κ3) is 11.4. The molecule has 6 aromatic rings. The van der Waals surface area contributed by atoms with Crippen molar-refractivity contribution in [2.24, 2.45) is 47.3 Å². The third-order valence-electron chi connectivity index (χ3n) is 13.1. The number of esters is 1. The number of anilines is 1. The summed E-state index contributed by atoms with van der Waals surface area (Å²) in [6.45, 7) is 7.89. The van der Waals surface area contributed by atoms with Crippen LogP contribution in [0.4, 0.5) is 32.2 Å². The second-order valence-electron chi connectivity index (χ2n) is 17.1. The van der Waals surface area contributed by atoms with E-state index in [1.807, 2.05) is 43.2 Å². The Bertz CT molecular complexity index is 2540. The molecule has 2 aromatic carbocycles. The number of nitrogens with zero attached hydrogens (tertiary/aromatic N) is 6. The Balaban J connectivity index is 0.000000196. The van der Waals surface area contributed by atoms with E-state index in [0.29, 0.717) is 69.1 Å². The third-order valence-corrected chi connectivity index (χ3v) is 13.1. The maximum atomic E-state index is 13.7. The van der Waals surface area contributed by atoms with Gasteiger partial charge in [0.05, 0.1) is 60.1 Å². The second kappa shape index (κ2) is 21.8. The summed E-state index contributed by atoms with van der Waals surface area (Å²) >= 11 is 0. The summed E-state index contributed by atoms with van der Waals surface area (Å²) in [7, 11) is 1.42. The Morgan fingerprint density at radius 2 is 1.11 bits per heavy atom.